The third kappa shape index (κ3) is 45.1. The van der Waals surface area contributed by atoms with E-state index in [4.69, 9.17) is 23.8 Å². The van der Waals surface area contributed by atoms with Crippen LogP contribution in [0.1, 0.15) is 287 Å². The molecule has 0 heterocycles. The molecule has 0 radical (unpaired) electrons. The zero-order valence-corrected chi connectivity index (χ0v) is 37.5. The van der Waals surface area contributed by atoms with Crippen molar-refractivity contribution in [1.82, 2.24) is 0 Å². The Morgan fingerprint density at radius 3 is 1.12 bits per heavy atom. The molecule has 0 aliphatic rings. The van der Waals surface area contributed by atoms with Gasteiger partial charge in [-0.1, -0.05) is 225 Å². The smallest absolute Gasteiger partial charge is 0.306 e. The molecule has 0 spiro atoms. The minimum atomic E-state index is -3.00. The molecule has 0 saturated heterocycles. The molecule has 336 valence electrons. The number of carbonyl (C=O) groups excluding carboxylic acids is 3. The number of unbranched alkanes of at least 4 members (excludes halogenated alkanes) is 30. The summed E-state index contributed by atoms with van der Waals surface area (Å²) >= 11 is 0. The molecular formula is C51H96O6. The lowest BCUT2D eigenvalue weighted by Gasteiger charge is -2.18. The van der Waals surface area contributed by atoms with E-state index in [-0.39, 0.29) is 44.0 Å². The van der Waals surface area contributed by atoms with E-state index >= 15 is 0 Å². The number of esters is 3. The van der Waals surface area contributed by atoms with Crippen molar-refractivity contribution in [1.29, 1.82) is 0 Å². The Kier molecular flexibility index (Phi) is 35.5. The Labute approximate surface area is 364 Å². The molecule has 0 unspecified atom stereocenters. The van der Waals surface area contributed by atoms with E-state index in [9.17, 15) is 14.4 Å². The maximum absolute atomic E-state index is 12.8. The Morgan fingerprint density at radius 1 is 0.439 bits per heavy atom. The highest BCUT2D eigenvalue weighted by molar-refractivity contribution is 5.71. The highest BCUT2D eigenvalue weighted by Crippen LogP contribution is 2.16. The van der Waals surface area contributed by atoms with E-state index in [2.05, 4.69) is 26.0 Å². The number of rotatable bonds is 46. The largest absolute Gasteiger partial charge is 0.462 e. The molecule has 0 atom stereocenters. The summed E-state index contributed by atoms with van der Waals surface area (Å²) in [7, 11) is 0. The number of allylic oxidation sites excluding steroid dienone is 2. The van der Waals surface area contributed by atoms with Gasteiger partial charge in [-0.15, -0.1) is 0 Å². The molecule has 6 nitrogen and oxygen atoms in total. The van der Waals surface area contributed by atoms with Crippen molar-refractivity contribution in [2.24, 2.45) is 0 Å². The highest BCUT2D eigenvalue weighted by Gasteiger charge is 2.19. The number of carbonyl (C=O) groups is 3. The van der Waals surface area contributed by atoms with Gasteiger partial charge in [0.1, 0.15) is 13.2 Å². The molecule has 0 amide bonds. The number of ether oxygens (including phenoxy) is 3. The van der Waals surface area contributed by atoms with Crippen LogP contribution in [-0.4, -0.2) is 37.2 Å². The molecular weight excluding hydrogens is 709 g/mol. The van der Waals surface area contributed by atoms with Crippen molar-refractivity contribution in [2.45, 2.75) is 284 Å². The molecule has 57 heavy (non-hydrogen) atoms. The first-order valence-corrected chi connectivity index (χ1v) is 24.3. The van der Waals surface area contributed by atoms with Crippen LogP contribution in [0.2, 0.25) is 0 Å². The summed E-state index contributed by atoms with van der Waals surface area (Å²) in [6.45, 7) is 1.25. The topological polar surface area (TPSA) is 78.9 Å². The van der Waals surface area contributed by atoms with Gasteiger partial charge in [-0.05, 0) is 44.9 Å². The van der Waals surface area contributed by atoms with E-state index in [0.717, 1.165) is 83.5 Å². The van der Waals surface area contributed by atoms with Crippen LogP contribution in [0, 0.1) is 0 Å². The summed E-state index contributed by atoms with van der Waals surface area (Å²) in [5.74, 6) is -1.01. The minimum absolute atomic E-state index is 0.120. The maximum Gasteiger partial charge on any atom is 0.306 e. The third-order valence-corrected chi connectivity index (χ3v) is 10.8. The van der Waals surface area contributed by atoms with E-state index in [1.54, 1.807) is 0 Å². The lowest BCUT2D eigenvalue weighted by molar-refractivity contribution is -0.167. The third-order valence-electron chi connectivity index (χ3n) is 10.8. The van der Waals surface area contributed by atoms with Gasteiger partial charge in [0, 0.05) is 28.9 Å². The molecule has 0 rings (SSSR count). The van der Waals surface area contributed by atoms with Gasteiger partial charge in [-0.2, -0.15) is 0 Å². The van der Waals surface area contributed by atoms with Gasteiger partial charge < -0.3 is 14.2 Å². The molecule has 0 bridgehead atoms. The van der Waals surface area contributed by atoms with Gasteiger partial charge in [0.05, 0.1) is 0 Å². The highest BCUT2D eigenvalue weighted by atomic mass is 16.6. The van der Waals surface area contributed by atoms with E-state index < -0.39 is 25.7 Å². The zero-order chi connectivity index (χ0) is 47.6. The van der Waals surface area contributed by atoms with E-state index in [1.165, 1.54) is 116 Å². The van der Waals surface area contributed by atoms with Crippen LogP contribution in [0.25, 0.3) is 0 Å². The second kappa shape index (κ2) is 46.8. The predicted molar refractivity (Wildman–Crippen MR) is 243 cm³/mol. The fraction of sp³-hybridized carbons (Fsp3) is 0.902. The molecule has 0 aliphatic carbocycles. The summed E-state index contributed by atoms with van der Waals surface area (Å²) < 4.78 is 69.9. The molecule has 0 N–H and O–H groups in total. The number of hydrogen-bond acceptors (Lipinski definition) is 6. The van der Waals surface area contributed by atoms with Crippen molar-refractivity contribution in [3.8, 4) is 0 Å². The van der Waals surface area contributed by atoms with Crippen molar-refractivity contribution in [3.05, 3.63) is 12.2 Å². The van der Waals surface area contributed by atoms with E-state index in [0.29, 0.717) is 32.1 Å². The lowest BCUT2D eigenvalue weighted by Crippen LogP contribution is -2.30. The monoisotopic (exact) mass is 812 g/mol. The van der Waals surface area contributed by atoms with E-state index in [1.807, 2.05) is 0 Å². The fourth-order valence-corrected chi connectivity index (χ4v) is 7.11. The first-order valence-electron chi connectivity index (χ1n) is 27.8. The predicted octanol–water partition coefficient (Wildman–Crippen LogP) is 16.2. The van der Waals surface area contributed by atoms with Crippen molar-refractivity contribution in [3.63, 3.8) is 0 Å². The van der Waals surface area contributed by atoms with Crippen molar-refractivity contribution < 1.29 is 38.2 Å². The Hall–Kier alpha value is -1.85. The molecule has 0 aromatic carbocycles. The molecule has 0 fully saturated rings. The Balaban J connectivity index is 4.44. The molecule has 0 aliphatic heterocycles. The van der Waals surface area contributed by atoms with Gasteiger partial charge in [0.2, 0.25) is 0 Å². The first-order chi connectivity index (χ1) is 30.7. The summed E-state index contributed by atoms with van der Waals surface area (Å²) in [5.41, 5.74) is 0. The van der Waals surface area contributed by atoms with Crippen molar-refractivity contribution >= 4 is 17.9 Å². The average molecular weight is 812 g/mol. The molecule has 0 aromatic rings. The van der Waals surface area contributed by atoms with Crippen LogP contribution in [-0.2, 0) is 28.6 Å². The van der Waals surface area contributed by atoms with Crippen LogP contribution in [0.5, 0.6) is 0 Å². The molecule has 0 aromatic heterocycles. The van der Waals surface area contributed by atoms with Crippen molar-refractivity contribution in [2.75, 3.05) is 13.2 Å². The molecule has 6 heteroatoms. The van der Waals surface area contributed by atoms with Crippen LogP contribution in [0.3, 0.4) is 0 Å². The quantitative estimate of drug-likeness (QED) is 0.0264. The lowest BCUT2D eigenvalue weighted by atomic mass is 10.0. The minimum Gasteiger partial charge on any atom is -0.462 e. The van der Waals surface area contributed by atoms with Crippen LogP contribution in [0.4, 0.5) is 0 Å². The van der Waals surface area contributed by atoms with Gasteiger partial charge in [0.25, 0.3) is 0 Å². The standard InChI is InChI=1S/C51H96O6/c1-4-7-10-13-16-19-22-25-26-27-30-33-36-39-42-45-51(54)57-48(46-55-49(52)43-40-37-34-31-28-23-20-17-14-11-8-5-2)47-56-50(53)44-41-38-35-32-29-24-21-18-15-12-9-6-3/h25-26,48H,4-24,27-47H2,1-3H3/b26-25+/i1D3,4D2,7D2. The Bertz CT molecular complexity index is 1100. The summed E-state index contributed by atoms with van der Waals surface area (Å²) in [6, 6.07) is 0. The van der Waals surface area contributed by atoms with Crippen LogP contribution >= 0.6 is 0 Å². The zero-order valence-electron chi connectivity index (χ0n) is 44.5. The van der Waals surface area contributed by atoms with Crippen LogP contribution in [0.15, 0.2) is 12.2 Å². The average Bonchev–Trinajstić information content (AvgIpc) is 3.24. The first kappa shape index (κ1) is 43.2. The summed E-state index contributed by atoms with van der Waals surface area (Å²) in [5, 5.41) is 0. The summed E-state index contributed by atoms with van der Waals surface area (Å²) in [6.07, 6.45) is 36.5. The second-order valence-electron chi connectivity index (χ2n) is 16.4. The normalized spacial score (nSPS) is 14.1. The Morgan fingerprint density at radius 2 is 0.754 bits per heavy atom. The van der Waals surface area contributed by atoms with Gasteiger partial charge in [0.15, 0.2) is 6.10 Å². The van der Waals surface area contributed by atoms with Gasteiger partial charge in [-0.25, -0.2) is 0 Å². The fourth-order valence-electron chi connectivity index (χ4n) is 7.11. The summed E-state index contributed by atoms with van der Waals surface area (Å²) in [4.78, 5) is 37.9. The molecule has 0 saturated carbocycles. The number of hydrogen-bond donors (Lipinski definition) is 0. The maximum atomic E-state index is 12.8. The van der Waals surface area contributed by atoms with Crippen LogP contribution < -0.4 is 0 Å². The van der Waals surface area contributed by atoms with Gasteiger partial charge in [-0.3, -0.25) is 14.4 Å². The van der Waals surface area contributed by atoms with Gasteiger partial charge >= 0.3 is 17.9 Å². The SMILES string of the molecule is [2H]C([2H])([2H])C([2H])([2H])C([2H])([2H])CCCCC/C=C/CCCCCCCC(=O)OC(COC(=O)CCCCCCCCCCCCCC)COC(=O)CCCCCCCCCCCCCC. The second-order valence-corrected chi connectivity index (χ2v) is 16.4.